The van der Waals surface area contributed by atoms with Crippen molar-refractivity contribution >= 4 is 11.9 Å². The molecule has 2 rings (SSSR count). The summed E-state index contributed by atoms with van der Waals surface area (Å²) in [7, 11) is 1.31. The van der Waals surface area contributed by atoms with E-state index >= 15 is 0 Å². The summed E-state index contributed by atoms with van der Waals surface area (Å²) in [6.45, 7) is 8.22. The molecule has 3 unspecified atom stereocenters. The van der Waals surface area contributed by atoms with E-state index < -0.39 is 23.4 Å². The molecule has 1 aromatic carbocycles. The number of ether oxygens (including phenoxy) is 1. The lowest BCUT2D eigenvalue weighted by Gasteiger charge is -2.20. The number of carbonyl (C=O) groups excluding carboxylic acids is 2. The summed E-state index contributed by atoms with van der Waals surface area (Å²) in [5.74, 6) is -1.18. The van der Waals surface area contributed by atoms with Crippen molar-refractivity contribution in [2.45, 2.75) is 71.6 Å². The molecule has 2 N–H and O–H groups in total. The topological polar surface area (TPSA) is 106 Å². The third-order valence-electron chi connectivity index (χ3n) is 6.41. The third-order valence-corrected chi connectivity index (χ3v) is 6.41. The summed E-state index contributed by atoms with van der Waals surface area (Å²) in [5, 5.41) is 13.2. The van der Waals surface area contributed by atoms with E-state index in [9.17, 15) is 19.5 Å². The molecule has 0 spiro atoms. The van der Waals surface area contributed by atoms with E-state index in [0.717, 1.165) is 31.2 Å². The van der Waals surface area contributed by atoms with E-state index in [0.29, 0.717) is 18.7 Å². The number of aromatic hydroxyl groups is 1. The molecule has 0 bridgehead atoms. The van der Waals surface area contributed by atoms with Gasteiger partial charge >= 0.3 is 11.7 Å². The quantitative estimate of drug-likeness (QED) is 0.310. The number of Topliss-reactive ketones (excluding diaryl/α,β-unsaturated/α-hetero) is 1. The number of rotatable bonds is 12. The van der Waals surface area contributed by atoms with Gasteiger partial charge in [0.05, 0.1) is 7.11 Å². The number of ketones is 1. The summed E-state index contributed by atoms with van der Waals surface area (Å²) in [6.07, 6.45) is 3.82. The Morgan fingerprint density at radius 2 is 1.79 bits per heavy atom. The van der Waals surface area contributed by atoms with Crippen LogP contribution in [-0.2, 0) is 11.2 Å². The molecule has 7 heteroatoms. The predicted molar refractivity (Wildman–Crippen MR) is 132 cm³/mol. The molecule has 0 aliphatic rings. The molecule has 2 aromatic rings. The molecular weight excluding hydrogens is 434 g/mol. The minimum atomic E-state index is -0.809. The van der Waals surface area contributed by atoms with Crippen LogP contribution in [0.3, 0.4) is 0 Å². The van der Waals surface area contributed by atoms with E-state index in [-0.39, 0.29) is 23.1 Å². The standard InChI is InChI=1S/C27H37NO6/c1-6-9-20-11-13-21(14-12-20)18(3)19(4)25(30)24-22(29)16-23(34-26(24)31)17(2)10-7-8-15-28-27(32)33-5/h11-14,16-19,29H,6-10,15H2,1-5H3,(H,28,32). The van der Waals surface area contributed by atoms with E-state index in [1.807, 2.05) is 26.0 Å². The van der Waals surface area contributed by atoms with Gasteiger partial charge in [-0.2, -0.15) is 0 Å². The first kappa shape index (κ1) is 27.2. The van der Waals surface area contributed by atoms with Crippen molar-refractivity contribution in [2.75, 3.05) is 13.7 Å². The van der Waals surface area contributed by atoms with Gasteiger partial charge in [0, 0.05) is 24.4 Å². The van der Waals surface area contributed by atoms with Crippen molar-refractivity contribution in [3.63, 3.8) is 0 Å². The number of amides is 1. The molecular formula is C27H37NO6. The monoisotopic (exact) mass is 471 g/mol. The Morgan fingerprint density at radius 3 is 2.38 bits per heavy atom. The zero-order valence-corrected chi connectivity index (χ0v) is 20.8. The van der Waals surface area contributed by atoms with Crippen LogP contribution in [0, 0.1) is 5.92 Å². The number of methoxy groups -OCH3 is 1. The first-order valence-electron chi connectivity index (χ1n) is 12.0. The fourth-order valence-electron chi connectivity index (χ4n) is 3.97. The Morgan fingerprint density at radius 1 is 1.12 bits per heavy atom. The summed E-state index contributed by atoms with van der Waals surface area (Å²) >= 11 is 0. The molecule has 0 saturated carbocycles. The molecule has 186 valence electrons. The minimum Gasteiger partial charge on any atom is -0.507 e. The number of hydrogen-bond acceptors (Lipinski definition) is 6. The van der Waals surface area contributed by atoms with Crippen LogP contribution < -0.4 is 10.9 Å². The van der Waals surface area contributed by atoms with Crippen LogP contribution in [0.25, 0.3) is 0 Å². The third kappa shape index (κ3) is 7.20. The Kier molecular flexibility index (Phi) is 10.4. The van der Waals surface area contributed by atoms with Gasteiger partial charge in [-0.1, -0.05) is 64.8 Å². The van der Waals surface area contributed by atoms with Crippen LogP contribution in [0.2, 0.25) is 0 Å². The SMILES string of the molecule is CCCc1ccc(C(C)C(C)C(=O)c2c(O)cc(C(C)CCCCNC(=O)OC)oc2=O)cc1. The van der Waals surface area contributed by atoms with Gasteiger partial charge in [0.15, 0.2) is 5.78 Å². The van der Waals surface area contributed by atoms with Gasteiger partial charge in [0.25, 0.3) is 0 Å². The summed E-state index contributed by atoms with van der Waals surface area (Å²) < 4.78 is 9.96. The number of benzene rings is 1. The molecule has 0 radical (unpaired) electrons. The Hall–Kier alpha value is -3.09. The fraction of sp³-hybridized carbons (Fsp3) is 0.519. The Labute approximate surface area is 201 Å². The smallest absolute Gasteiger partial charge is 0.406 e. The maximum absolute atomic E-state index is 13.1. The largest absolute Gasteiger partial charge is 0.507 e. The summed E-state index contributed by atoms with van der Waals surface area (Å²) in [5.41, 5.74) is 1.16. The lowest BCUT2D eigenvalue weighted by Crippen LogP contribution is -2.24. The number of carbonyl (C=O) groups is 2. The normalized spacial score (nSPS) is 13.7. The maximum atomic E-state index is 13.1. The van der Waals surface area contributed by atoms with Gasteiger partial charge in [0.2, 0.25) is 0 Å². The van der Waals surface area contributed by atoms with Crippen LogP contribution in [-0.4, -0.2) is 30.6 Å². The molecule has 1 aromatic heterocycles. The highest BCUT2D eigenvalue weighted by molar-refractivity contribution is 6.00. The van der Waals surface area contributed by atoms with Crippen LogP contribution >= 0.6 is 0 Å². The summed E-state index contributed by atoms with van der Waals surface area (Å²) in [4.78, 5) is 36.8. The van der Waals surface area contributed by atoms with E-state index in [1.165, 1.54) is 18.7 Å². The highest BCUT2D eigenvalue weighted by atomic mass is 16.5. The van der Waals surface area contributed by atoms with Crippen LogP contribution in [0.15, 0.2) is 39.5 Å². The number of nitrogens with one attached hydrogen (secondary N) is 1. The predicted octanol–water partition coefficient (Wildman–Crippen LogP) is 5.55. The van der Waals surface area contributed by atoms with Crippen molar-refractivity contribution in [2.24, 2.45) is 5.92 Å². The average Bonchev–Trinajstić information content (AvgIpc) is 2.82. The molecule has 3 atom stereocenters. The van der Waals surface area contributed by atoms with Gasteiger partial charge < -0.3 is 19.6 Å². The zero-order valence-electron chi connectivity index (χ0n) is 20.8. The molecule has 1 heterocycles. The Balaban J connectivity index is 2.05. The maximum Gasteiger partial charge on any atom is 0.406 e. The van der Waals surface area contributed by atoms with Crippen LogP contribution in [0.4, 0.5) is 4.79 Å². The highest BCUT2D eigenvalue weighted by Crippen LogP contribution is 2.31. The van der Waals surface area contributed by atoms with Gasteiger partial charge in [-0.15, -0.1) is 0 Å². The van der Waals surface area contributed by atoms with Crippen molar-refractivity contribution < 1.29 is 23.8 Å². The molecule has 7 nitrogen and oxygen atoms in total. The van der Waals surface area contributed by atoms with Gasteiger partial charge in [0.1, 0.15) is 17.1 Å². The number of alkyl carbamates (subject to hydrolysis) is 1. The Bertz CT molecular complexity index is 1010. The second-order valence-corrected chi connectivity index (χ2v) is 8.94. The average molecular weight is 472 g/mol. The number of unbranched alkanes of at least 4 members (excludes halogenated alkanes) is 1. The van der Waals surface area contributed by atoms with E-state index in [2.05, 4.69) is 29.1 Å². The zero-order chi connectivity index (χ0) is 25.3. The minimum absolute atomic E-state index is 0.126. The highest BCUT2D eigenvalue weighted by Gasteiger charge is 2.29. The van der Waals surface area contributed by atoms with E-state index in [4.69, 9.17) is 4.42 Å². The van der Waals surface area contributed by atoms with E-state index in [1.54, 1.807) is 6.92 Å². The molecule has 34 heavy (non-hydrogen) atoms. The fourth-order valence-corrected chi connectivity index (χ4v) is 3.97. The number of aryl methyl sites for hydroxylation is 1. The second kappa shape index (κ2) is 13.0. The van der Waals surface area contributed by atoms with Gasteiger partial charge in [-0.3, -0.25) is 4.79 Å². The van der Waals surface area contributed by atoms with Crippen molar-refractivity contribution in [3.8, 4) is 5.75 Å². The molecule has 0 fully saturated rings. The molecule has 0 saturated heterocycles. The van der Waals surface area contributed by atoms with Crippen LogP contribution in [0.1, 0.15) is 92.5 Å². The van der Waals surface area contributed by atoms with Crippen molar-refractivity contribution in [3.05, 3.63) is 63.2 Å². The van der Waals surface area contributed by atoms with Crippen molar-refractivity contribution in [1.29, 1.82) is 0 Å². The summed E-state index contributed by atoms with van der Waals surface area (Å²) in [6, 6.07) is 9.56. The number of hydrogen-bond donors (Lipinski definition) is 2. The van der Waals surface area contributed by atoms with Gasteiger partial charge in [-0.05, 0) is 36.3 Å². The lowest BCUT2D eigenvalue weighted by atomic mass is 9.83. The molecule has 0 aliphatic carbocycles. The molecule has 0 aliphatic heterocycles. The van der Waals surface area contributed by atoms with Gasteiger partial charge in [-0.25, -0.2) is 9.59 Å². The lowest BCUT2D eigenvalue weighted by molar-refractivity contribution is 0.0907. The first-order valence-corrected chi connectivity index (χ1v) is 12.0. The van der Waals surface area contributed by atoms with Crippen LogP contribution in [0.5, 0.6) is 5.75 Å². The van der Waals surface area contributed by atoms with Crippen molar-refractivity contribution in [1.82, 2.24) is 5.32 Å². The first-order chi connectivity index (χ1) is 16.2. The molecule has 1 amide bonds. The second-order valence-electron chi connectivity index (χ2n) is 8.94.